The summed E-state index contributed by atoms with van der Waals surface area (Å²) in [5.74, 6) is 0.618. The second kappa shape index (κ2) is 14.7. The van der Waals surface area contributed by atoms with E-state index in [2.05, 4.69) is 221 Å². The molecule has 10 aromatic rings. The molecule has 2 nitrogen and oxygen atoms in total. The summed E-state index contributed by atoms with van der Waals surface area (Å²) in [5.41, 5.74) is 23.5. The number of nitrogens with zero attached hydrogens (tertiary/aromatic N) is 2. The number of para-hydroxylation sites is 2. The Morgan fingerprint density at radius 3 is 1.14 bits per heavy atom. The van der Waals surface area contributed by atoms with Gasteiger partial charge in [-0.1, -0.05) is 173 Å². The second-order valence-corrected chi connectivity index (χ2v) is 18.9. The smallest absolute Gasteiger partial charge is 0.0543 e. The van der Waals surface area contributed by atoms with Gasteiger partial charge in [-0.05, 0) is 138 Å². The molecule has 2 aliphatic rings. The van der Waals surface area contributed by atoms with Gasteiger partial charge in [0.1, 0.15) is 0 Å². The zero-order valence-corrected chi connectivity index (χ0v) is 37.6. The van der Waals surface area contributed by atoms with Gasteiger partial charge >= 0.3 is 0 Å². The molecule has 0 bridgehead atoms. The van der Waals surface area contributed by atoms with E-state index in [1.807, 2.05) is 0 Å². The van der Waals surface area contributed by atoms with E-state index in [9.17, 15) is 0 Å². The fraction of sp³-hybridized carbons (Fsp3) is 0.161. The molecular formula is C62H52N2. The Balaban J connectivity index is 1.19. The maximum atomic E-state index is 2.63. The van der Waals surface area contributed by atoms with E-state index in [0.29, 0.717) is 11.8 Å². The molecule has 0 N–H and O–H groups in total. The SMILES string of the molecule is Cc1c(-c2ccccc2)ccc2c1N(c1cc(C(C)C)c3ccc4c(N5c6ccccc6Cc6ccc(-c7ccccc7)c(C)c65)cc(C(C)C)c5ccc1c3c54)c1ccccc1C2. The molecule has 0 saturated carbocycles. The number of fused-ring (bicyclic) bond motifs is 4. The van der Waals surface area contributed by atoms with Crippen LogP contribution < -0.4 is 9.80 Å². The van der Waals surface area contributed by atoms with E-state index in [1.165, 1.54) is 133 Å². The zero-order chi connectivity index (χ0) is 43.4. The Kier molecular flexibility index (Phi) is 8.85. The van der Waals surface area contributed by atoms with Gasteiger partial charge in [-0.3, -0.25) is 0 Å². The highest BCUT2D eigenvalue weighted by Gasteiger charge is 2.33. The molecule has 0 saturated heterocycles. The Labute approximate surface area is 377 Å². The van der Waals surface area contributed by atoms with Crippen molar-refractivity contribution < 1.29 is 0 Å². The standard InChI is InChI=1S/C62H52N2/c1-37(2)53-35-57(63-55-23-15-13-21-43(55)33-45-25-27-47(39(5)61(45)63)41-17-9-7-10-18-41)51-32-30-50-54(38(3)4)36-58(52-31-29-49(53)59(51)60(50)52)64-56-24-16-14-22-44(56)34-46-26-28-48(40(6)62(46)64)42-19-11-8-12-20-42/h7-32,35-38H,33-34H2,1-6H3. The molecule has 2 heteroatoms. The zero-order valence-electron chi connectivity index (χ0n) is 37.6. The first-order chi connectivity index (χ1) is 31.3. The lowest BCUT2D eigenvalue weighted by molar-refractivity contribution is 0.875. The number of hydrogen-bond donors (Lipinski definition) is 0. The molecule has 0 atom stereocenters. The lowest BCUT2D eigenvalue weighted by Crippen LogP contribution is -2.21. The van der Waals surface area contributed by atoms with E-state index < -0.39 is 0 Å². The molecule has 10 aromatic carbocycles. The van der Waals surface area contributed by atoms with Crippen LogP contribution in [0, 0.1) is 13.8 Å². The normalized spacial score (nSPS) is 13.2. The monoisotopic (exact) mass is 824 g/mol. The quantitative estimate of drug-likeness (QED) is 0.154. The number of rotatable bonds is 6. The van der Waals surface area contributed by atoms with Crippen LogP contribution in [0.5, 0.6) is 0 Å². The molecule has 0 fully saturated rings. The van der Waals surface area contributed by atoms with Crippen LogP contribution in [0.25, 0.3) is 54.6 Å². The van der Waals surface area contributed by atoms with Gasteiger partial charge in [0.25, 0.3) is 0 Å². The topological polar surface area (TPSA) is 6.48 Å². The number of anilines is 6. The maximum absolute atomic E-state index is 2.63. The molecule has 64 heavy (non-hydrogen) atoms. The minimum atomic E-state index is 0.309. The van der Waals surface area contributed by atoms with Crippen LogP contribution in [-0.2, 0) is 12.8 Å². The summed E-state index contributed by atoms with van der Waals surface area (Å²) in [4.78, 5) is 5.26. The average molecular weight is 825 g/mol. The first-order valence-electron chi connectivity index (χ1n) is 23.2. The fourth-order valence-corrected chi connectivity index (χ4v) is 11.5. The summed E-state index contributed by atoms with van der Waals surface area (Å²) in [6.07, 6.45) is 1.82. The molecule has 0 aliphatic carbocycles. The molecule has 0 radical (unpaired) electrons. The first-order valence-corrected chi connectivity index (χ1v) is 23.2. The van der Waals surface area contributed by atoms with Crippen molar-refractivity contribution in [3.05, 3.63) is 214 Å². The first kappa shape index (κ1) is 38.5. The minimum absolute atomic E-state index is 0.309. The van der Waals surface area contributed by atoms with Gasteiger partial charge < -0.3 is 9.80 Å². The minimum Gasteiger partial charge on any atom is -0.309 e. The molecule has 2 heterocycles. The summed E-state index contributed by atoms with van der Waals surface area (Å²) in [7, 11) is 0. The third-order valence-corrected chi connectivity index (χ3v) is 14.5. The second-order valence-electron chi connectivity index (χ2n) is 18.9. The summed E-state index contributed by atoms with van der Waals surface area (Å²) in [6, 6.07) is 64.3. The third-order valence-electron chi connectivity index (χ3n) is 14.5. The van der Waals surface area contributed by atoms with E-state index in [1.54, 1.807) is 0 Å². The molecular weight excluding hydrogens is 773 g/mol. The van der Waals surface area contributed by atoms with Crippen molar-refractivity contribution in [3.63, 3.8) is 0 Å². The van der Waals surface area contributed by atoms with Crippen LogP contribution in [-0.4, -0.2) is 0 Å². The van der Waals surface area contributed by atoms with E-state index >= 15 is 0 Å². The molecule has 0 spiro atoms. The summed E-state index contributed by atoms with van der Waals surface area (Å²) in [6.45, 7) is 14.1. The molecule has 310 valence electrons. The van der Waals surface area contributed by atoms with E-state index in [4.69, 9.17) is 0 Å². The number of benzene rings is 10. The van der Waals surface area contributed by atoms with Crippen LogP contribution in [0.2, 0.25) is 0 Å². The Hall–Kier alpha value is -7.16. The van der Waals surface area contributed by atoms with Crippen LogP contribution in [0.4, 0.5) is 34.1 Å². The predicted octanol–water partition coefficient (Wildman–Crippen LogP) is 17.5. The van der Waals surface area contributed by atoms with Crippen molar-refractivity contribution in [2.24, 2.45) is 0 Å². The highest BCUT2D eigenvalue weighted by Crippen LogP contribution is 2.55. The van der Waals surface area contributed by atoms with Crippen molar-refractivity contribution in [1.29, 1.82) is 0 Å². The Bertz CT molecular complexity index is 3230. The molecule has 0 aromatic heterocycles. The van der Waals surface area contributed by atoms with Crippen LogP contribution in [0.3, 0.4) is 0 Å². The Morgan fingerprint density at radius 2 is 0.734 bits per heavy atom. The van der Waals surface area contributed by atoms with Crippen molar-refractivity contribution in [1.82, 2.24) is 0 Å². The van der Waals surface area contributed by atoms with E-state index in [-0.39, 0.29) is 0 Å². The van der Waals surface area contributed by atoms with Gasteiger partial charge in [0, 0.05) is 35.0 Å². The maximum Gasteiger partial charge on any atom is 0.0543 e. The summed E-state index contributed by atoms with van der Waals surface area (Å²) in [5, 5.41) is 8.00. The van der Waals surface area contributed by atoms with E-state index in [0.717, 1.165) is 12.8 Å². The average Bonchev–Trinajstić information content (AvgIpc) is 3.32. The molecule has 2 aliphatic heterocycles. The number of hydrogen-bond acceptors (Lipinski definition) is 2. The predicted molar refractivity (Wildman–Crippen MR) is 274 cm³/mol. The lowest BCUT2D eigenvalue weighted by atomic mass is 9.82. The van der Waals surface area contributed by atoms with Crippen LogP contribution in [0.15, 0.2) is 170 Å². The van der Waals surface area contributed by atoms with Crippen molar-refractivity contribution in [2.45, 2.75) is 66.2 Å². The summed E-state index contributed by atoms with van der Waals surface area (Å²) >= 11 is 0. The van der Waals surface area contributed by atoms with Crippen molar-refractivity contribution in [3.8, 4) is 22.3 Å². The van der Waals surface area contributed by atoms with Gasteiger partial charge in [0.15, 0.2) is 0 Å². The van der Waals surface area contributed by atoms with Crippen molar-refractivity contribution >= 4 is 66.4 Å². The van der Waals surface area contributed by atoms with Crippen molar-refractivity contribution in [2.75, 3.05) is 9.80 Å². The largest absolute Gasteiger partial charge is 0.309 e. The van der Waals surface area contributed by atoms with Crippen LogP contribution >= 0.6 is 0 Å². The highest BCUT2D eigenvalue weighted by atomic mass is 15.2. The third kappa shape index (κ3) is 5.71. The van der Waals surface area contributed by atoms with Gasteiger partial charge in [-0.2, -0.15) is 0 Å². The molecule has 12 rings (SSSR count). The van der Waals surface area contributed by atoms with Gasteiger partial charge in [0.05, 0.1) is 22.7 Å². The highest BCUT2D eigenvalue weighted by molar-refractivity contribution is 6.29. The lowest BCUT2D eigenvalue weighted by Gasteiger charge is -2.38. The summed E-state index contributed by atoms with van der Waals surface area (Å²) < 4.78 is 0. The van der Waals surface area contributed by atoms with Gasteiger partial charge in [-0.25, -0.2) is 0 Å². The van der Waals surface area contributed by atoms with Gasteiger partial charge in [0.2, 0.25) is 0 Å². The van der Waals surface area contributed by atoms with Crippen LogP contribution in [0.1, 0.15) is 84.0 Å². The Morgan fingerprint density at radius 1 is 0.359 bits per heavy atom. The fourth-order valence-electron chi connectivity index (χ4n) is 11.5. The molecule has 0 unspecified atom stereocenters. The molecule has 0 amide bonds. The van der Waals surface area contributed by atoms with Gasteiger partial charge in [-0.15, -0.1) is 0 Å².